The Balaban J connectivity index is 2.24. The lowest BCUT2D eigenvalue weighted by Crippen LogP contribution is -2.50. The zero-order chi connectivity index (χ0) is 23.0. The van der Waals surface area contributed by atoms with Crippen molar-refractivity contribution in [1.29, 1.82) is 0 Å². The van der Waals surface area contributed by atoms with Crippen LogP contribution < -0.4 is 5.32 Å². The predicted octanol–water partition coefficient (Wildman–Crippen LogP) is 5.96. The number of carbonyl (C=O) groups is 2. The van der Waals surface area contributed by atoms with Gasteiger partial charge in [0.2, 0.25) is 11.8 Å². The van der Waals surface area contributed by atoms with Crippen molar-refractivity contribution in [3.8, 4) is 0 Å². The van der Waals surface area contributed by atoms with Crippen LogP contribution in [0.1, 0.15) is 56.7 Å². The maximum absolute atomic E-state index is 13.3. The fraction of sp³-hybridized carbons (Fsp3) is 0.440. The van der Waals surface area contributed by atoms with Gasteiger partial charge in [0.25, 0.3) is 0 Å². The fourth-order valence-electron chi connectivity index (χ4n) is 3.34. The summed E-state index contributed by atoms with van der Waals surface area (Å²) in [6.45, 7) is 8.20. The third-order valence-corrected chi connectivity index (χ3v) is 6.08. The van der Waals surface area contributed by atoms with Crippen LogP contribution in [0.2, 0.25) is 10.0 Å². The molecular weight excluding hydrogens is 431 g/mol. The number of rotatable bonds is 10. The highest BCUT2D eigenvalue weighted by atomic mass is 35.5. The number of benzene rings is 2. The summed E-state index contributed by atoms with van der Waals surface area (Å²) in [5.74, 6) is -0.205. The van der Waals surface area contributed by atoms with E-state index >= 15 is 0 Å². The molecule has 31 heavy (non-hydrogen) atoms. The third kappa shape index (κ3) is 7.55. The molecular formula is C25H32Cl2N2O2. The van der Waals surface area contributed by atoms with E-state index in [1.165, 1.54) is 5.56 Å². The van der Waals surface area contributed by atoms with Gasteiger partial charge in [0.1, 0.15) is 6.04 Å². The Labute approximate surface area is 195 Å². The van der Waals surface area contributed by atoms with E-state index in [4.69, 9.17) is 23.2 Å². The van der Waals surface area contributed by atoms with Crippen LogP contribution in [0.5, 0.6) is 0 Å². The van der Waals surface area contributed by atoms with Gasteiger partial charge in [-0.25, -0.2) is 0 Å². The van der Waals surface area contributed by atoms with Crippen molar-refractivity contribution in [1.82, 2.24) is 10.2 Å². The maximum Gasteiger partial charge on any atom is 0.243 e. The van der Waals surface area contributed by atoms with Crippen molar-refractivity contribution in [3.63, 3.8) is 0 Å². The first-order valence-corrected chi connectivity index (χ1v) is 11.6. The molecule has 2 aromatic rings. The van der Waals surface area contributed by atoms with Gasteiger partial charge < -0.3 is 10.2 Å². The maximum atomic E-state index is 13.3. The van der Waals surface area contributed by atoms with E-state index in [1.807, 2.05) is 58.0 Å². The Bertz CT molecular complexity index is 884. The monoisotopic (exact) mass is 462 g/mol. The number of halogens is 2. The molecule has 6 heteroatoms. The van der Waals surface area contributed by atoms with Crippen molar-refractivity contribution < 1.29 is 9.59 Å². The van der Waals surface area contributed by atoms with Crippen LogP contribution in [-0.4, -0.2) is 28.8 Å². The third-order valence-electron chi connectivity index (χ3n) is 5.49. The van der Waals surface area contributed by atoms with Gasteiger partial charge in [-0.15, -0.1) is 0 Å². The van der Waals surface area contributed by atoms with Crippen molar-refractivity contribution in [2.24, 2.45) is 0 Å². The summed E-state index contributed by atoms with van der Waals surface area (Å²) >= 11 is 12.4. The van der Waals surface area contributed by atoms with E-state index in [0.717, 1.165) is 17.5 Å². The van der Waals surface area contributed by atoms with Crippen LogP contribution in [0.4, 0.5) is 0 Å². The quantitative estimate of drug-likeness (QED) is 0.473. The van der Waals surface area contributed by atoms with Crippen LogP contribution in [0, 0.1) is 6.92 Å². The summed E-state index contributed by atoms with van der Waals surface area (Å²) in [7, 11) is 0. The minimum absolute atomic E-state index is 0.0465. The minimum atomic E-state index is -0.564. The molecule has 4 nitrogen and oxygen atoms in total. The zero-order valence-electron chi connectivity index (χ0n) is 18.8. The van der Waals surface area contributed by atoms with E-state index in [9.17, 15) is 9.59 Å². The topological polar surface area (TPSA) is 49.4 Å². The Hall–Kier alpha value is -2.04. The van der Waals surface area contributed by atoms with Crippen molar-refractivity contribution in [2.45, 2.75) is 72.0 Å². The van der Waals surface area contributed by atoms with Crippen LogP contribution in [0.3, 0.4) is 0 Å². The van der Waals surface area contributed by atoms with E-state index in [-0.39, 0.29) is 24.4 Å². The largest absolute Gasteiger partial charge is 0.352 e. The van der Waals surface area contributed by atoms with E-state index in [0.29, 0.717) is 29.3 Å². The molecule has 0 spiro atoms. The number of hydrogen-bond acceptors (Lipinski definition) is 2. The van der Waals surface area contributed by atoms with E-state index in [1.54, 1.807) is 17.0 Å². The highest BCUT2D eigenvalue weighted by Crippen LogP contribution is 2.24. The van der Waals surface area contributed by atoms with Gasteiger partial charge in [-0.2, -0.15) is 0 Å². The predicted molar refractivity (Wildman–Crippen MR) is 128 cm³/mol. The molecule has 2 unspecified atom stereocenters. The summed E-state index contributed by atoms with van der Waals surface area (Å²) in [6.07, 6.45) is 2.28. The number of amides is 2. The van der Waals surface area contributed by atoms with Crippen molar-refractivity contribution in [3.05, 3.63) is 69.2 Å². The van der Waals surface area contributed by atoms with Gasteiger partial charge in [0, 0.05) is 29.1 Å². The molecule has 0 saturated carbocycles. The Kier molecular flexibility index (Phi) is 9.86. The number of hydrogen-bond donors (Lipinski definition) is 1. The van der Waals surface area contributed by atoms with Gasteiger partial charge in [0.05, 0.1) is 0 Å². The molecule has 0 aliphatic heterocycles. The number of nitrogens with one attached hydrogen (secondary N) is 1. The summed E-state index contributed by atoms with van der Waals surface area (Å²) in [6, 6.07) is 12.9. The molecule has 0 saturated heterocycles. The summed E-state index contributed by atoms with van der Waals surface area (Å²) in [4.78, 5) is 27.9. The van der Waals surface area contributed by atoms with Crippen LogP contribution >= 0.6 is 23.2 Å². The molecule has 1 N–H and O–H groups in total. The van der Waals surface area contributed by atoms with Gasteiger partial charge in [0.15, 0.2) is 0 Å². The van der Waals surface area contributed by atoms with Crippen LogP contribution in [-0.2, 0) is 22.6 Å². The van der Waals surface area contributed by atoms with E-state index < -0.39 is 6.04 Å². The SMILES string of the molecule is CCC(C)NC(=O)C(CC)N(Cc1ccc(Cl)cc1Cl)C(=O)CCc1ccc(C)cc1. The lowest BCUT2D eigenvalue weighted by molar-refractivity contribution is -0.141. The van der Waals surface area contributed by atoms with Gasteiger partial charge >= 0.3 is 0 Å². The van der Waals surface area contributed by atoms with Crippen LogP contribution in [0.25, 0.3) is 0 Å². The second-order valence-electron chi connectivity index (χ2n) is 7.98. The molecule has 0 heterocycles. The normalized spacial score (nSPS) is 12.8. The average Bonchev–Trinajstić information content (AvgIpc) is 2.74. The first-order chi connectivity index (χ1) is 14.7. The second kappa shape index (κ2) is 12.1. The van der Waals surface area contributed by atoms with Crippen molar-refractivity contribution in [2.75, 3.05) is 0 Å². The summed E-state index contributed by atoms with van der Waals surface area (Å²) in [5.41, 5.74) is 3.05. The lowest BCUT2D eigenvalue weighted by Gasteiger charge is -2.32. The first kappa shape index (κ1) is 25.2. The molecule has 0 aliphatic rings. The Morgan fingerprint density at radius 3 is 2.29 bits per heavy atom. The molecule has 0 radical (unpaired) electrons. The number of aryl methyl sites for hydroxylation is 2. The van der Waals surface area contributed by atoms with Crippen LogP contribution in [0.15, 0.2) is 42.5 Å². The average molecular weight is 463 g/mol. The molecule has 0 aliphatic carbocycles. The molecule has 2 atom stereocenters. The zero-order valence-corrected chi connectivity index (χ0v) is 20.3. The molecule has 2 amide bonds. The highest BCUT2D eigenvalue weighted by molar-refractivity contribution is 6.35. The summed E-state index contributed by atoms with van der Waals surface area (Å²) < 4.78 is 0. The Morgan fingerprint density at radius 2 is 1.71 bits per heavy atom. The first-order valence-electron chi connectivity index (χ1n) is 10.8. The van der Waals surface area contributed by atoms with Gasteiger partial charge in [-0.1, -0.05) is 72.9 Å². The molecule has 2 rings (SSSR count). The molecule has 0 fully saturated rings. The van der Waals surface area contributed by atoms with E-state index in [2.05, 4.69) is 5.32 Å². The van der Waals surface area contributed by atoms with Crippen molar-refractivity contribution >= 4 is 35.0 Å². The molecule has 0 aromatic heterocycles. The lowest BCUT2D eigenvalue weighted by atomic mass is 10.0. The number of nitrogens with zero attached hydrogens (tertiary/aromatic N) is 1. The standard InChI is InChI=1S/C25H32Cl2N2O2/c1-5-18(4)28-25(31)23(6-2)29(16-20-12-13-21(26)15-22(20)27)24(30)14-11-19-9-7-17(3)8-10-19/h7-10,12-13,15,18,23H,5-6,11,14,16H2,1-4H3,(H,28,31). The highest BCUT2D eigenvalue weighted by Gasteiger charge is 2.29. The minimum Gasteiger partial charge on any atom is -0.352 e. The number of carbonyl (C=O) groups excluding carboxylic acids is 2. The fourth-order valence-corrected chi connectivity index (χ4v) is 3.81. The molecule has 0 bridgehead atoms. The Morgan fingerprint density at radius 1 is 1.03 bits per heavy atom. The molecule has 2 aromatic carbocycles. The van der Waals surface area contributed by atoms with Gasteiger partial charge in [-0.3, -0.25) is 9.59 Å². The smallest absolute Gasteiger partial charge is 0.243 e. The van der Waals surface area contributed by atoms with Gasteiger partial charge in [-0.05, 0) is 56.4 Å². The molecule has 168 valence electrons. The summed E-state index contributed by atoms with van der Waals surface area (Å²) in [5, 5.41) is 4.04. The second-order valence-corrected chi connectivity index (χ2v) is 8.83.